The van der Waals surface area contributed by atoms with Crippen molar-refractivity contribution in [1.82, 2.24) is 4.31 Å². The number of rotatable bonds is 7. The molecule has 1 amide bonds. The highest BCUT2D eigenvalue weighted by atomic mass is 32.2. The summed E-state index contributed by atoms with van der Waals surface area (Å²) in [7, 11) is -2.05. The minimum Gasteiger partial charge on any atom is -0.455 e. The van der Waals surface area contributed by atoms with Gasteiger partial charge in [0.25, 0.3) is 5.91 Å². The molecule has 1 aliphatic rings. The van der Waals surface area contributed by atoms with Crippen molar-refractivity contribution in [2.24, 2.45) is 5.92 Å². The third-order valence-corrected chi connectivity index (χ3v) is 6.54. The first-order valence-corrected chi connectivity index (χ1v) is 10.4. The second kappa shape index (κ2) is 9.14. The topological polar surface area (TPSA) is 92.8 Å². The van der Waals surface area contributed by atoms with E-state index in [0.29, 0.717) is 12.1 Å². The fourth-order valence-corrected chi connectivity index (χ4v) is 3.98. The number of hydrogen-bond acceptors (Lipinski definition) is 5. The van der Waals surface area contributed by atoms with Gasteiger partial charge in [0.15, 0.2) is 6.61 Å². The summed E-state index contributed by atoms with van der Waals surface area (Å²) in [4.78, 5) is 24.0. The second-order valence-electron chi connectivity index (χ2n) is 6.78. The number of amides is 1. The molecule has 1 aromatic carbocycles. The van der Waals surface area contributed by atoms with Crippen molar-refractivity contribution in [2.45, 2.75) is 44.0 Å². The number of sulfonamides is 1. The minimum absolute atomic E-state index is 0.147. The molecule has 0 bridgehead atoms. The van der Waals surface area contributed by atoms with Crippen molar-refractivity contribution >= 4 is 27.6 Å². The summed E-state index contributed by atoms with van der Waals surface area (Å²) >= 11 is 0. The molecule has 1 aromatic rings. The maximum Gasteiger partial charge on any atom is 0.309 e. The molecule has 7 nitrogen and oxygen atoms in total. The second-order valence-corrected chi connectivity index (χ2v) is 8.77. The summed E-state index contributed by atoms with van der Waals surface area (Å²) in [6, 6.07) is 5.72. The highest BCUT2D eigenvalue weighted by Crippen LogP contribution is 2.20. The number of carbonyl (C=O) groups excluding carboxylic acids is 2. The number of hydrogen-bond donors (Lipinski definition) is 1. The molecular formula is C19H26N2O5S. The first kappa shape index (κ1) is 21.1. The van der Waals surface area contributed by atoms with Crippen LogP contribution in [0.4, 0.5) is 5.69 Å². The molecule has 0 aromatic heterocycles. The number of ether oxygens (including phenoxy) is 1. The normalized spacial score (nSPS) is 17.1. The number of anilines is 1. The quantitative estimate of drug-likeness (QED) is 0.567. The zero-order valence-electron chi connectivity index (χ0n) is 15.8. The van der Waals surface area contributed by atoms with E-state index in [-0.39, 0.29) is 29.4 Å². The molecule has 8 heteroatoms. The first-order valence-electron chi connectivity index (χ1n) is 8.91. The summed E-state index contributed by atoms with van der Waals surface area (Å²) in [5.41, 5.74) is 0.433. The molecule has 0 saturated heterocycles. The number of nitrogens with zero attached hydrogens (tertiary/aromatic N) is 1. The van der Waals surface area contributed by atoms with Crippen LogP contribution in [0.1, 0.15) is 33.1 Å². The number of esters is 1. The smallest absolute Gasteiger partial charge is 0.309 e. The Morgan fingerprint density at radius 3 is 2.44 bits per heavy atom. The predicted molar refractivity (Wildman–Crippen MR) is 103 cm³/mol. The Bertz CT molecular complexity index is 800. The molecular weight excluding hydrogens is 368 g/mol. The van der Waals surface area contributed by atoms with Crippen LogP contribution in [0.3, 0.4) is 0 Å². The van der Waals surface area contributed by atoms with Gasteiger partial charge >= 0.3 is 5.97 Å². The van der Waals surface area contributed by atoms with Crippen LogP contribution < -0.4 is 5.32 Å². The van der Waals surface area contributed by atoms with Crippen molar-refractivity contribution in [3.8, 4) is 0 Å². The Labute approximate surface area is 160 Å². The van der Waals surface area contributed by atoms with Gasteiger partial charge in [0.2, 0.25) is 10.0 Å². The van der Waals surface area contributed by atoms with E-state index in [1.165, 1.54) is 35.6 Å². The third kappa shape index (κ3) is 5.64. The monoisotopic (exact) mass is 394 g/mol. The molecule has 0 unspecified atom stereocenters. The molecule has 0 heterocycles. The molecule has 27 heavy (non-hydrogen) atoms. The SMILES string of the molecule is CC(C)N(C)S(=O)(=O)c1ccc(NC(=O)COC(=O)[C@@H]2CC=CCC2)cc1. The van der Waals surface area contributed by atoms with Crippen molar-refractivity contribution in [3.63, 3.8) is 0 Å². The largest absolute Gasteiger partial charge is 0.455 e. The van der Waals surface area contributed by atoms with E-state index in [4.69, 9.17) is 4.74 Å². The summed E-state index contributed by atoms with van der Waals surface area (Å²) in [6.07, 6.45) is 6.19. The van der Waals surface area contributed by atoms with Crippen LogP contribution in [0.5, 0.6) is 0 Å². The Balaban J connectivity index is 1.89. The molecule has 0 radical (unpaired) electrons. The lowest BCUT2D eigenvalue weighted by atomic mass is 9.95. The van der Waals surface area contributed by atoms with Gasteiger partial charge in [-0.3, -0.25) is 9.59 Å². The number of nitrogens with one attached hydrogen (secondary N) is 1. The van der Waals surface area contributed by atoms with Gasteiger partial charge in [-0.2, -0.15) is 4.31 Å². The lowest BCUT2D eigenvalue weighted by molar-refractivity contribution is -0.151. The van der Waals surface area contributed by atoms with Gasteiger partial charge in [0, 0.05) is 18.8 Å². The van der Waals surface area contributed by atoms with Gasteiger partial charge < -0.3 is 10.1 Å². The van der Waals surface area contributed by atoms with E-state index in [0.717, 1.165) is 12.8 Å². The standard InChI is InChI=1S/C19H26N2O5S/c1-14(2)21(3)27(24,25)17-11-9-16(10-12-17)20-18(22)13-26-19(23)15-7-5-4-6-8-15/h4-5,9-12,14-15H,6-8,13H2,1-3H3,(H,20,22)/t15-/m1/s1. The van der Waals surface area contributed by atoms with Gasteiger partial charge in [0.05, 0.1) is 10.8 Å². The molecule has 148 valence electrons. The van der Waals surface area contributed by atoms with Crippen molar-refractivity contribution in [1.29, 1.82) is 0 Å². The molecule has 0 saturated carbocycles. The Hall–Kier alpha value is -2.19. The fourth-order valence-electron chi connectivity index (χ4n) is 2.61. The summed E-state index contributed by atoms with van der Waals surface area (Å²) in [5.74, 6) is -1.03. The zero-order chi connectivity index (χ0) is 20.0. The van der Waals surface area contributed by atoms with Gasteiger partial charge in [-0.1, -0.05) is 12.2 Å². The van der Waals surface area contributed by atoms with Crippen LogP contribution in [-0.2, 0) is 24.3 Å². The highest BCUT2D eigenvalue weighted by Gasteiger charge is 2.23. The first-order chi connectivity index (χ1) is 12.7. The third-order valence-electron chi connectivity index (χ3n) is 4.49. The van der Waals surface area contributed by atoms with Crippen LogP contribution in [0.2, 0.25) is 0 Å². The van der Waals surface area contributed by atoms with Gasteiger partial charge in [-0.15, -0.1) is 0 Å². The number of benzene rings is 1. The van der Waals surface area contributed by atoms with E-state index in [9.17, 15) is 18.0 Å². The van der Waals surface area contributed by atoms with E-state index >= 15 is 0 Å². The van der Waals surface area contributed by atoms with E-state index in [1.54, 1.807) is 13.8 Å². The summed E-state index contributed by atoms with van der Waals surface area (Å²) in [5, 5.41) is 2.59. The molecule has 1 aliphatic carbocycles. The number of carbonyl (C=O) groups is 2. The predicted octanol–water partition coefficient (Wildman–Crippen LogP) is 2.55. The van der Waals surface area contributed by atoms with Gasteiger partial charge in [0.1, 0.15) is 0 Å². The number of allylic oxidation sites excluding steroid dienone is 2. The van der Waals surface area contributed by atoms with E-state index < -0.39 is 15.9 Å². The minimum atomic E-state index is -3.57. The lowest BCUT2D eigenvalue weighted by Crippen LogP contribution is -2.33. The molecule has 1 N–H and O–H groups in total. The van der Waals surface area contributed by atoms with Crippen LogP contribution in [0.15, 0.2) is 41.3 Å². The van der Waals surface area contributed by atoms with E-state index in [1.807, 2.05) is 12.2 Å². The average molecular weight is 394 g/mol. The van der Waals surface area contributed by atoms with Gasteiger partial charge in [-0.25, -0.2) is 8.42 Å². The van der Waals surface area contributed by atoms with E-state index in [2.05, 4.69) is 5.32 Å². The maximum atomic E-state index is 12.4. The van der Waals surface area contributed by atoms with Crippen molar-refractivity contribution < 1.29 is 22.7 Å². The molecule has 2 rings (SSSR count). The van der Waals surface area contributed by atoms with Crippen LogP contribution >= 0.6 is 0 Å². The Kier molecular flexibility index (Phi) is 7.15. The average Bonchev–Trinajstić information content (AvgIpc) is 2.66. The molecule has 0 fully saturated rings. The molecule has 0 spiro atoms. The van der Waals surface area contributed by atoms with Crippen molar-refractivity contribution in [2.75, 3.05) is 19.0 Å². The lowest BCUT2D eigenvalue weighted by Gasteiger charge is -2.21. The molecule has 1 atom stereocenters. The summed E-state index contributed by atoms with van der Waals surface area (Å²) < 4.78 is 31.2. The summed E-state index contributed by atoms with van der Waals surface area (Å²) in [6.45, 7) is 3.21. The van der Waals surface area contributed by atoms with Crippen molar-refractivity contribution in [3.05, 3.63) is 36.4 Å². The molecule has 0 aliphatic heterocycles. The maximum absolute atomic E-state index is 12.4. The van der Waals surface area contributed by atoms with Crippen LogP contribution in [-0.4, -0.2) is 44.3 Å². The van der Waals surface area contributed by atoms with Gasteiger partial charge in [-0.05, 0) is 57.4 Å². The van der Waals surface area contributed by atoms with Crippen LogP contribution in [0.25, 0.3) is 0 Å². The fraction of sp³-hybridized carbons (Fsp3) is 0.474. The zero-order valence-corrected chi connectivity index (χ0v) is 16.7. The Morgan fingerprint density at radius 2 is 1.89 bits per heavy atom. The van der Waals surface area contributed by atoms with Crippen LogP contribution in [0, 0.1) is 5.92 Å². The Morgan fingerprint density at radius 1 is 1.22 bits per heavy atom. The highest BCUT2D eigenvalue weighted by molar-refractivity contribution is 7.89.